The van der Waals surface area contributed by atoms with Crippen LogP contribution >= 0.6 is 22.6 Å². The molecular weight excluding hydrogens is 339 g/mol. The van der Waals surface area contributed by atoms with E-state index in [1.54, 1.807) is 6.08 Å². The molecule has 96 valence electrons. The molecule has 0 saturated heterocycles. The fourth-order valence-corrected chi connectivity index (χ4v) is 2.89. The van der Waals surface area contributed by atoms with Crippen LogP contribution in [0.25, 0.3) is 6.08 Å². The molecule has 1 aromatic carbocycles. The number of carbonyl (C=O) groups excluding carboxylic acids is 1. The first kappa shape index (κ1) is 13.6. The Bertz CT molecular complexity index is 473. The van der Waals surface area contributed by atoms with Gasteiger partial charge in [-0.2, -0.15) is 0 Å². The molecule has 1 fully saturated rings. The Hall–Kier alpha value is -0.840. The van der Waals surface area contributed by atoms with Crippen molar-refractivity contribution in [3.8, 4) is 0 Å². The van der Waals surface area contributed by atoms with E-state index in [9.17, 15) is 4.79 Å². The molecule has 0 bridgehead atoms. The van der Waals surface area contributed by atoms with E-state index >= 15 is 0 Å². The molecule has 2 nitrogen and oxygen atoms in total. The zero-order chi connectivity index (χ0) is 13.2. The van der Waals surface area contributed by atoms with E-state index in [1.165, 1.54) is 0 Å². The molecule has 0 heterocycles. The quantitative estimate of drug-likeness (QED) is 0.592. The summed E-state index contributed by atoms with van der Waals surface area (Å²) in [6.07, 6.45) is 5.97. The molecular formula is C15H17IO2. The van der Waals surface area contributed by atoms with Crippen molar-refractivity contribution in [3.05, 3.63) is 39.5 Å². The monoisotopic (exact) mass is 356 g/mol. The van der Waals surface area contributed by atoms with Crippen LogP contribution in [0.3, 0.4) is 0 Å². The first-order valence-corrected chi connectivity index (χ1v) is 7.27. The Morgan fingerprint density at radius 3 is 2.72 bits per heavy atom. The van der Waals surface area contributed by atoms with E-state index < -0.39 is 0 Å². The molecule has 0 N–H and O–H groups in total. The first-order valence-electron chi connectivity index (χ1n) is 6.19. The molecule has 1 aliphatic carbocycles. The van der Waals surface area contributed by atoms with Crippen LogP contribution in [-0.2, 0) is 4.74 Å². The maximum Gasteiger partial charge on any atom is 0.339 e. The molecule has 0 unspecified atom stereocenters. The minimum Gasteiger partial charge on any atom is -0.456 e. The fourth-order valence-electron chi connectivity index (χ4n) is 2.33. The average Bonchev–Trinajstić information content (AvgIpc) is 2.76. The van der Waals surface area contributed by atoms with Gasteiger partial charge in [-0.1, -0.05) is 18.7 Å². The second-order valence-corrected chi connectivity index (χ2v) is 6.15. The van der Waals surface area contributed by atoms with Crippen LogP contribution in [0.2, 0.25) is 0 Å². The number of hydrogen-bond donors (Lipinski definition) is 0. The zero-order valence-corrected chi connectivity index (χ0v) is 12.7. The third kappa shape index (κ3) is 2.94. The highest BCUT2D eigenvalue weighted by atomic mass is 127. The van der Waals surface area contributed by atoms with Crippen LogP contribution in [0.1, 0.15) is 48.5 Å². The smallest absolute Gasteiger partial charge is 0.339 e. The number of rotatable bonds is 3. The number of ether oxygens (including phenoxy) is 1. The third-order valence-electron chi connectivity index (χ3n) is 3.45. The van der Waals surface area contributed by atoms with Gasteiger partial charge in [-0.15, -0.1) is 0 Å². The topological polar surface area (TPSA) is 26.3 Å². The van der Waals surface area contributed by atoms with Gasteiger partial charge in [0.1, 0.15) is 5.60 Å². The second-order valence-electron chi connectivity index (χ2n) is 4.99. The highest BCUT2D eigenvalue weighted by Crippen LogP contribution is 2.33. The fraction of sp³-hybridized carbons (Fsp3) is 0.400. The molecule has 0 radical (unpaired) electrons. The standard InChI is InChI=1S/C15H17IO2/c1-3-11-6-7-13(16)12(10-11)14(17)18-15(2)8-4-5-9-15/h3,6-7,10H,1,4-5,8-9H2,2H3. The van der Waals surface area contributed by atoms with Crippen molar-refractivity contribution >= 4 is 34.6 Å². The van der Waals surface area contributed by atoms with E-state index in [0.717, 1.165) is 34.8 Å². The van der Waals surface area contributed by atoms with Crippen LogP contribution < -0.4 is 0 Å². The van der Waals surface area contributed by atoms with E-state index in [1.807, 2.05) is 25.1 Å². The zero-order valence-electron chi connectivity index (χ0n) is 10.5. The summed E-state index contributed by atoms with van der Waals surface area (Å²) in [5.41, 5.74) is 1.31. The molecule has 2 rings (SSSR count). The van der Waals surface area contributed by atoms with Crippen LogP contribution in [0, 0.1) is 3.57 Å². The normalized spacial score (nSPS) is 17.4. The van der Waals surface area contributed by atoms with Crippen molar-refractivity contribution in [2.24, 2.45) is 0 Å². The van der Waals surface area contributed by atoms with Crippen molar-refractivity contribution in [1.82, 2.24) is 0 Å². The lowest BCUT2D eigenvalue weighted by Crippen LogP contribution is -2.28. The van der Waals surface area contributed by atoms with Crippen molar-refractivity contribution < 1.29 is 9.53 Å². The maximum atomic E-state index is 12.2. The predicted octanol–water partition coefficient (Wildman–Crippen LogP) is 4.42. The molecule has 1 aromatic rings. The number of halogens is 1. The van der Waals surface area contributed by atoms with Gasteiger partial charge >= 0.3 is 5.97 Å². The van der Waals surface area contributed by atoms with Gasteiger partial charge in [0, 0.05) is 3.57 Å². The van der Waals surface area contributed by atoms with Crippen molar-refractivity contribution in [3.63, 3.8) is 0 Å². The summed E-state index contributed by atoms with van der Waals surface area (Å²) < 4.78 is 6.61. The minimum atomic E-state index is -0.273. The Kier molecular flexibility index (Phi) is 4.10. The molecule has 18 heavy (non-hydrogen) atoms. The number of hydrogen-bond acceptors (Lipinski definition) is 2. The van der Waals surface area contributed by atoms with Crippen molar-refractivity contribution in [1.29, 1.82) is 0 Å². The SMILES string of the molecule is C=Cc1ccc(I)c(C(=O)OC2(C)CCCC2)c1. The van der Waals surface area contributed by atoms with Gasteiger partial charge in [0.15, 0.2) is 0 Å². The number of benzene rings is 1. The Morgan fingerprint density at radius 1 is 1.44 bits per heavy atom. The van der Waals surface area contributed by atoms with Gasteiger partial charge in [0.25, 0.3) is 0 Å². The summed E-state index contributed by atoms with van der Waals surface area (Å²) in [6, 6.07) is 5.71. The predicted molar refractivity (Wildman–Crippen MR) is 81.5 cm³/mol. The summed E-state index contributed by atoms with van der Waals surface area (Å²) in [4.78, 5) is 12.2. The van der Waals surface area contributed by atoms with Crippen LogP contribution in [0.4, 0.5) is 0 Å². The van der Waals surface area contributed by atoms with Crippen LogP contribution in [0.5, 0.6) is 0 Å². The lowest BCUT2D eigenvalue weighted by molar-refractivity contribution is -0.00620. The summed E-state index contributed by atoms with van der Waals surface area (Å²) in [5.74, 6) is -0.215. The van der Waals surface area contributed by atoms with Crippen molar-refractivity contribution in [2.45, 2.75) is 38.2 Å². The number of esters is 1. The molecule has 1 saturated carbocycles. The molecule has 0 amide bonds. The molecule has 3 heteroatoms. The first-order chi connectivity index (χ1) is 8.54. The Labute approximate surface area is 122 Å². The molecule has 0 atom stereocenters. The largest absolute Gasteiger partial charge is 0.456 e. The number of carbonyl (C=O) groups is 1. The Balaban J connectivity index is 2.20. The summed E-state index contributed by atoms with van der Waals surface area (Å²) in [6.45, 7) is 5.75. The van der Waals surface area contributed by atoms with Gasteiger partial charge in [0.05, 0.1) is 5.56 Å². The highest BCUT2D eigenvalue weighted by molar-refractivity contribution is 14.1. The maximum absolute atomic E-state index is 12.2. The van der Waals surface area contributed by atoms with E-state index in [-0.39, 0.29) is 11.6 Å². The van der Waals surface area contributed by atoms with E-state index in [0.29, 0.717) is 5.56 Å². The summed E-state index contributed by atoms with van der Waals surface area (Å²) >= 11 is 2.16. The van der Waals surface area contributed by atoms with Gasteiger partial charge in [0.2, 0.25) is 0 Å². The van der Waals surface area contributed by atoms with Gasteiger partial charge in [-0.3, -0.25) is 0 Å². The lowest BCUT2D eigenvalue weighted by atomic mass is 10.1. The average molecular weight is 356 g/mol. The van der Waals surface area contributed by atoms with Crippen LogP contribution in [-0.4, -0.2) is 11.6 Å². The lowest BCUT2D eigenvalue weighted by Gasteiger charge is -2.24. The summed E-state index contributed by atoms with van der Waals surface area (Å²) in [7, 11) is 0. The highest BCUT2D eigenvalue weighted by Gasteiger charge is 2.33. The van der Waals surface area contributed by atoms with Gasteiger partial charge < -0.3 is 4.74 Å². The van der Waals surface area contributed by atoms with Crippen molar-refractivity contribution in [2.75, 3.05) is 0 Å². The third-order valence-corrected chi connectivity index (χ3v) is 4.39. The second kappa shape index (κ2) is 5.43. The van der Waals surface area contributed by atoms with E-state index in [4.69, 9.17) is 4.74 Å². The van der Waals surface area contributed by atoms with Gasteiger partial charge in [-0.25, -0.2) is 4.79 Å². The van der Waals surface area contributed by atoms with Gasteiger partial charge in [-0.05, 0) is 72.9 Å². The molecule has 0 aromatic heterocycles. The van der Waals surface area contributed by atoms with Crippen LogP contribution in [0.15, 0.2) is 24.8 Å². The summed E-state index contributed by atoms with van der Waals surface area (Å²) in [5, 5.41) is 0. The van der Waals surface area contributed by atoms with E-state index in [2.05, 4.69) is 29.2 Å². The molecule has 0 aliphatic heterocycles. The molecule has 1 aliphatic rings. The molecule has 0 spiro atoms. The Morgan fingerprint density at radius 2 is 2.11 bits per heavy atom. The minimum absolute atomic E-state index is 0.215.